The van der Waals surface area contributed by atoms with Gasteiger partial charge in [-0.25, -0.2) is 8.42 Å². The fourth-order valence-electron chi connectivity index (χ4n) is 5.15. The van der Waals surface area contributed by atoms with E-state index in [4.69, 9.17) is 11.6 Å². The number of hydrogen-bond acceptors (Lipinski definition) is 4. The molecule has 0 spiro atoms. The van der Waals surface area contributed by atoms with Gasteiger partial charge in [-0.2, -0.15) is 0 Å². The summed E-state index contributed by atoms with van der Waals surface area (Å²) in [4.78, 5) is 28.6. The quantitative estimate of drug-likeness (QED) is 0.332. The molecule has 0 aromatic heterocycles. The average Bonchev–Trinajstić information content (AvgIpc) is 2.92. The van der Waals surface area contributed by atoms with Gasteiger partial charge in [-0.15, -0.1) is 0 Å². The number of rotatable bonds is 13. The van der Waals surface area contributed by atoms with Gasteiger partial charge in [0.2, 0.25) is 21.8 Å². The van der Waals surface area contributed by atoms with Crippen molar-refractivity contribution in [1.82, 2.24) is 10.2 Å². The van der Waals surface area contributed by atoms with E-state index in [0.717, 1.165) is 43.2 Å². The minimum absolute atomic E-state index is 0.125. The van der Waals surface area contributed by atoms with Gasteiger partial charge in [0.1, 0.15) is 6.04 Å². The maximum absolute atomic E-state index is 13.6. The van der Waals surface area contributed by atoms with Crippen LogP contribution in [0.1, 0.15) is 76.3 Å². The number of benzene rings is 2. The fourth-order valence-corrected chi connectivity index (χ4v) is 6.24. The first kappa shape index (κ1) is 31.0. The molecule has 1 aliphatic carbocycles. The molecule has 1 fully saturated rings. The van der Waals surface area contributed by atoms with E-state index >= 15 is 0 Å². The molecule has 3 rings (SSSR count). The molecule has 7 nitrogen and oxygen atoms in total. The molecule has 0 radical (unpaired) electrons. The average molecular weight is 576 g/mol. The Morgan fingerprint density at radius 1 is 0.974 bits per heavy atom. The number of sulfonamides is 1. The zero-order chi connectivity index (χ0) is 28.4. The van der Waals surface area contributed by atoms with Crippen molar-refractivity contribution in [2.75, 3.05) is 17.1 Å². The van der Waals surface area contributed by atoms with Crippen LogP contribution in [0.15, 0.2) is 48.5 Å². The van der Waals surface area contributed by atoms with Crippen molar-refractivity contribution in [2.45, 2.75) is 90.3 Å². The lowest BCUT2D eigenvalue weighted by molar-refractivity contribution is -0.141. The fraction of sp³-hybridized carbons (Fsp3) is 0.533. The summed E-state index contributed by atoms with van der Waals surface area (Å²) >= 11 is 6.06. The van der Waals surface area contributed by atoms with E-state index in [2.05, 4.69) is 5.32 Å². The number of carbonyl (C=O) groups excluding carboxylic acids is 2. The van der Waals surface area contributed by atoms with Crippen LogP contribution in [0.4, 0.5) is 5.69 Å². The second-order valence-electron chi connectivity index (χ2n) is 10.4. The van der Waals surface area contributed by atoms with E-state index in [1.807, 2.05) is 38.1 Å². The summed E-state index contributed by atoms with van der Waals surface area (Å²) < 4.78 is 26.5. The van der Waals surface area contributed by atoms with Gasteiger partial charge in [-0.1, -0.05) is 69.0 Å². The van der Waals surface area contributed by atoms with Gasteiger partial charge in [0.15, 0.2) is 0 Å². The van der Waals surface area contributed by atoms with Crippen LogP contribution in [-0.4, -0.2) is 50.0 Å². The van der Waals surface area contributed by atoms with Gasteiger partial charge >= 0.3 is 0 Å². The second kappa shape index (κ2) is 14.7. The Balaban J connectivity index is 1.74. The molecule has 1 saturated carbocycles. The van der Waals surface area contributed by atoms with Gasteiger partial charge in [0, 0.05) is 30.6 Å². The monoisotopic (exact) mass is 575 g/mol. The predicted octanol–water partition coefficient (Wildman–Crippen LogP) is 5.70. The maximum atomic E-state index is 13.6. The molecule has 2 aromatic rings. The van der Waals surface area contributed by atoms with Crippen molar-refractivity contribution in [2.24, 2.45) is 0 Å². The Kier molecular flexibility index (Phi) is 11.7. The van der Waals surface area contributed by atoms with E-state index in [9.17, 15) is 18.0 Å². The molecular weight excluding hydrogens is 534 g/mol. The first-order valence-electron chi connectivity index (χ1n) is 14.0. The van der Waals surface area contributed by atoms with Crippen molar-refractivity contribution in [3.8, 4) is 0 Å². The van der Waals surface area contributed by atoms with Crippen LogP contribution >= 0.6 is 11.6 Å². The van der Waals surface area contributed by atoms with Gasteiger partial charge in [-0.05, 0) is 67.5 Å². The number of amides is 2. The molecule has 1 atom stereocenters. The van der Waals surface area contributed by atoms with Gasteiger partial charge in [-0.3, -0.25) is 13.9 Å². The zero-order valence-corrected chi connectivity index (χ0v) is 24.9. The molecule has 9 heteroatoms. The molecule has 0 saturated heterocycles. The Morgan fingerprint density at radius 2 is 1.59 bits per heavy atom. The molecule has 0 heterocycles. The Bertz CT molecular complexity index is 1180. The highest BCUT2D eigenvalue weighted by atomic mass is 35.5. The lowest BCUT2D eigenvalue weighted by Crippen LogP contribution is -2.51. The number of halogens is 1. The van der Waals surface area contributed by atoms with Gasteiger partial charge in [0.25, 0.3) is 0 Å². The molecule has 0 unspecified atom stereocenters. The minimum atomic E-state index is -3.53. The maximum Gasteiger partial charge on any atom is 0.243 e. The summed E-state index contributed by atoms with van der Waals surface area (Å²) in [6.07, 6.45) is 8.32. The number of nitrogens with one attached hydrogen (secondary N) is 1. The first-order chi connectivity index (χ1) is 18.6. The number of carbonyl (C=O) groups is 2. The van der Waals surface area contributed by atoms with Crippen molar-refractivity contribution in [1.29, 1.82) is 0 Å². The van der Waals surface area contributed by atoms with E-state index < -0.39 is 16.1 Å². The molecule has 39 heavy (non-hydrogen) atoms. The standard InChI is InChI=1S/C30H42ClN3O4S/c1-4-23-15-19-27(20-16-23)34(39(3,37)38)21-9-12-29(35)33(22-24-13-17-25(31)18-14-24)28(5-2)30(36)32-26-10-7-6-8-11-26/h13-20,26,28H,4-12,21-22H2,1-3H3,(H,32,36)/t28-/m0/s1. The van der Waals surface area contributed by atoms with Crippen LogP contribution < -0.4 is 9.62 Å². The van der Waals surface area contributed by atoms with Crippen LogP contribution in [0.2, 0.25) is 5.02 Å². The van der Waals surface area contributed by atoms with Crippen LogP contribution in [0.5, 0.6) is 0 Å². The first-order valence-corrected chi connectivity index (χ1v) is 16.3. The normalized spacial score (nSPS) is 15.0. The zero-order valence-electron chi connectivity index (χ0n) is 23.4. The predicted molar refractivity (Wildman–Crippen MR) is 158 cm³/mol. The SMILES string of the molecule is CCc1ccc(N(CCCC(=O)N(Cc2ccc(Cl)cc2)[C@@H](CC)C(=O)NC2CCCCC2)S(C)(=O)=O)cc1. The Morgan fingerprint density at radius 3 is 2.15 bits per heavy atom. The highest BCUT2D eigenvalue weighted by Crippen LogP contribution is 2.22. The van der Waals surface area contributed by atoms with Crippen LogP contribution in [0, 0.1) is 0 Å². The molecule has 0 aliphatic heterocycles. The van der Waals surface area contributed by atoms with E-state index in [1.54, 1.807) is 29.2 Å². The van der Waals surface area contributed by atoms with Crippen molar-refractivity contribution >= 4 is 39.1 Å². The van der Waals surface area contributed by atoms with Crippen molar-refractivity contribution in [3.63, 3.8) is 0 Å². The number of aryl methyl sites for hydroxylation is 1. The number of nitrogens with zero attached hydrogens (tertiary/aromatic N) is 2. The third kappa shape index (κ3) is 9.24. The summed E-state index contributed by atoms with van der Waals surface area (Å²) in [7, 11) is -3.53. The molecule has 2 amide bonds. The molecule has 2 aromatic carbocycles. The molecule has 0 bridgehead atoms. The highest BCUT2D eigenvalue weighted by molar-refractivity contribution is 7.92. The summed E-state index contributed by atoms with van der Waals surface area (Å²) in [6, 6.07) is 14.3. The van der Waals surface area contributed by atoms with Crippen molar-refractivity contribution in [3.05, 3.63) is 64.7 Å². The van der Waals surface area contributed by atoms with Crippen LogP contribution in [0.3, 0.4) is 0 Å². The largest absolute Gasteiger partial charge is 0.352 e. The second-order valence-corrected chi connectivity index (χ2v) is 12.7. The van der Waals surface area contributed by atoms with E-state index in [1.165, 1.54) is 17.0 Å². The van der Waals surface area contributed by atoms with Gasteiger partial charge in [0.05, 0.1) is 11.9 Å². The lowest BCUT2D eigenvalue weighted by atomic mass is 9.95. The van der Waals surface area contributed by atoms with E-state index in [0.29, 0.717) is 23.6 Å². The lowest BCUT2D eigenvalue weighted by Gasteiger charge is -2.33. The third-order valence-electron chi connectivity index (χ3n) is 7.39. The smallest absolute Gasteiger partial charge is 0.243 e. The Labute approximate surface area is 239 Å². The topological polar surface area (TPSA) is 86.8 Å². The Hall–Kier alpha value is -2.58. The van der Waals surface area contributed by atoms with E-state index in [-0.39, 0.29) is 37.4 Å². The van der Waals surface area contributed by atoms with Crippen LogP contribution in [0.25, 0.3) is 0 Å². The van der Waals surface area contributed by atoms with Crippen molar-refractivity contribution < 1.29 is 18.0 Å². The molecule has 1 N–H and O–H groups in total. The minimum Gasteiger partial charge on any atom is -0.352 e. The summed E-state index contributed by atoms with van der Waals surface area (Å²) in [5.41, 5.74) is 2.58. The summed E-state index contributed by atoms with van der Waals surface area (Å²) in [5, 5.41) is 3.79. The highest BCUT2D eigenvalue weighted by Gasteiger charge is 2.30. The molecule has 1 aliphatic rings. The molecule has 214 valence electrons. The number of anilines is 1. The third-order valence-corrected chi connectivity index (χ3v) is 8.83. The summed E-state index contributed by atoms with van der Waals surface area (Å²) in [6.45, 7) is 4.42. The number of hydrogen-bond donors (Lipinski definition) is 1. The van der Waals surface area contributed by atoms with Gasteiger partial charge < -0.3 is 10.2 Å². The molecular formula is C30H42ClN3O4S. The summed E-state index contributed by atoms with van der Waals surface area (Å²) in [5.74, 6) is -0.300. The van der Waals surface area contributed by atoms with Crippen LogP contribution in [-0.2, 0) is 32.6 Å².